The van der Waals surface area contributed by atoms with Crippen molar-refractivity contribution in [2.75, 3.05) is 20.6 Å². The highest BCUT2D eigenvalue weighted by Gasteiger charge is 1.92. The first-order valence-corrected chi connectivity index (χ1v) is 4.47. The molecule has 0 aliphatic heterocycles. The van der Waals surface area contributed by atoms with E-state index in [0.717, 1.165) is 12.2 Å². The highest BCUT2D eigenvalue weighted by atomic mass is 14.8. The standard InChI is InChI=1S/C11H20N2/c1-9(2)11(8-12-4)7-6-10(3)13-5/h6-7,12-13H,3,8H2,1-2,4-5H3/b7-6-. The maximum Gasteiger partial charge on any atom is 0.0264 e. The lowest BCUT2D eigenvalue weighted by Gasteiger charge is -2.04. The van der Waals surface area contributed by atoms with Gasteiger partial charge in [0.1, 0.15) is 0 Å². The minimum atomic E-state index is 0.899. The van der Waals surface area contributed by atoms with E-state index in [1.807, 2.05) is 20.2 Å². The summed E-state index contributed by atoms with van der Waals surface area (Å²) in [7, 11) is 3.82. The molecule has 0 spiro atoms. The van der Waals surface area contributed by atoms with Crippen molar-refractivity contribution in [2.45, 2.75) is 13.8 Å². The van der Waals surface area contributed by atoms with E-state index < -0.39 is 0 Å². The predicted octanol–water partition coefficient (Wildman–Crippen LogP) is 1.83. The topological polar surface area (TPSA) is 24.1 Å². The van der Waals surface area contributed by atoms with Crippen LogP contribution in [0.4, 0.5) is 0 Å². The molecule has 2 N–H and O–H groups in total. The molecule has 0 bridgehead atoms. The van der Waals surface area contributed by atoms with Crippen LogP contribution in [0.25, 0.3) is 0 Å². The molecule has 2 nitrogen and oxygen atoms in total. The first-order valence-electron chi connectivity index (χ1n) is 4.47. The Morgan fingerprint density at radius 3 is 2.23 bits per heavy atom. The van der Waals surface area contributed by atoms with E-state index in [9.17, 15) is 0 Å². The van der Waals surface area contributed by atoms with Gasteiger partial charge in [0.05, 0.1) is 0 Å². The average molecular weight is 180 g/mol. The molecule has 13 heavy (non-hydrogen) atoms. The zero-order valence-corrected chi connectivity index (χ0v) is 9.07. The second-order valence-corrected chi connectivity index (χ2v) is 3.16. The lowest BCUT2D eigenvalue weighted by atomic mass is 10.1. The summed E-state index contributed by atoms with van der Waals surface area (Å²) in [6, 6.07) is 0. The number of allylic oxidation sites excluding steroid dienone is 2. The third-order valence-corrected chi connectivity index (χ3v) is 1.82. The normalized spacial score (nSPS) is 10.2. The van der Waals surface area contributed by atoms with Crippen LogP contribution in [-0.4, -0.2) is 20.6 Å². The summed E-state index contributed by atoms with van der Waals surface area (Å²) >= 11 is 0. The van der Waals surface area contributed by atoms with Crippen molar-refractivity contribution in [3.8, 4) is 0 Å². The van der Waals surface area contributed by atoms with Crippen LogP contribution >= 0.6 is 0 Å². The molecule has 0 fully saturated rings. The fourth-order valence-electron chi connectivity index (χ4n) is 0.877. The lowest BCUT2D eigenvalue weighted by Crippen LogP contribution is -2.10. The van der Waals surface area contributed by atoms with E-state index in [2.05, 4.69) is 37.1 Å². The molecule has 0 unspecified atom stereocenters. The Hall–Kier alpha value is -1.02. The second kappa shape index (κ2) is 6.49. The number of nitrogens with one attached hydrogen (secondary N) is 2. The summed E-state index contributed by atoms with van der Waals surface area (Å²) < 4.78 is 0. The van der Waals surface area contributed by atoms with Crippen LogP contribution in [0.1, 0.15) is 13.8 Å². The highest BCUT2D eigenvalue weighted by molar-refractivity contribution is 5.29. The smallest absolute Gasteiger partial charge is 0.0264 e. The van der Waals surface area contributed by atoms with Crippen LogP contribution in [0.5, 0.6) is 0 Å². The average Bonchev–Trinajstić information content (AvgIpc) is 2.11. The highest BCUT2D eigenvalue weighted by Crippen LogP contribution is 2.04. The van der Waals surface area contributed by atoms with Gasteiger partial charge in [-0.15, -0.1) is 0 Å². The van der Waals surface area contributed by atoms with E-state index in [4.69, 9.17) is 0 Å². The fourth-order valence-corrected chi connectivity index (χ4v) is 0.877. The summed E-state index contributed by atoms with van der Waals surface area (Å²) in [6.07, 6.45) is 4.07. The third-order valence-electron chi connectivity index (χ3n) is 1.82. The molecule has 0 saturated carbocycles. The first kappa shape index (κ1) is 12.0. The van der Waals surface area contributed by atoms with Crippen molar-refractivity contribution >= 4 is 0 Å². The molecule has 74 valence electrons. The van der Waals surface area contributed by atoms with Crippen LogP contribution in [-0.2, 0) is 0 Å². The molecule has 0 aliphatic rings. The van der Waals surface area contributed by atoms with Crippen molar-refractivity contribution < 1.29 is 0 Å². The van der Waals surface area contributed by atoms with E-state index >= 15 is 0 Å². The molecule has 0 heterocycles. The van der Waals surface area contributed by atoms with Gasteiger partial charge < -0.3 is 10.6 Å². The van der Waals surface area contributed by atoms with Gasteiger partial charge in [-0.1, -0.05) is 18.2 Å². The van der Waals surface area contributed by atoms with Gasteiger partial charge in [0, 0.05) is 19.3 Å². The van der Waals surface area contributed by atoms with Crippen molar-refractivity contribution in [1.82, 2.24) is 10.6 Å². The molecule has 0 atom stereocenters. The van der Waals surface area contributed by atoms with Gasteiger partial charge in [-0.3, -0.25) is 0 Å². The summed E-state index contributed by atoms with van der Waals surface area (Å²) in [4.78, 5) is 0. The predicted molar refractivity (Wildman–Crippen MR) is 59.6 cm³/mol. The van der Waals surface area contributed by atoms with Crippen LogP contribution < -0.4 is 10.6 Å². The van der Waals surface area contributed by atoms with Crippen molar-refractivity contribution in [2.24, 2.45) is 0 Å². The van der Waals surface area contributed by atoms with Gasteiger partial charge in [0.15, 0.2) is 0 Å². The van der Waals surface area contributed by atoms with Crippen molar-refractivity contribution in [1.29, 1.82) is 0 Å². The van der Waals surface area contributed by atoms with Crippen molar-refractivity contribution in [3.63, 3.8) is 0 Å². The van der Waals surface area contributed by atoms with Gasteiger partial charge in [-0.2, -0.15) is 0 Å². The molecule has 0 amide bonds. The summed E-state index contributed by atoms with van der Waals surface area (Å²) in [5.74, 6) is 0. The Morgan fingerprint density at radius 1 is 1.23 bits per heavy atom. The lowest BCUT2D eigenvalue weighted by molar-refractivity contribution is 0.885. The first-order chi connectivity index (χ1) is 6.11. The maximum atomic E-state index is 3.82. The van der Waals surface area contributed by atoms with Gasteiger partial charge >= 0.3 is 0 Å². The molecule has 0 aromatic carbocycles. The van der Waals surface area contributed by atoms with Gasteiger partial charge in [0.25, 0.3) is 0 Å². The summed E-state index contributed by atoms with van der Waals surface area (Å²) in [6.45, 7) is 8.94. The molecule has 0 aliphatic carbocycles. The third kappa shape index (κ3) is 5.26. The zero-order valence-electron chi connectivity index (χ0n) is 9.07. The molecule has 0 aromatic rings. The number of hydrogen-bond donors (Lipinski definition) is 2. The number of rotatable bonds is 5. The number of likely N-dealkylation sites (N-methyl/N-ethyl adjacent to an activating group) is 2. The summed E-state index contributed by atoms with van der Waals surface area (Å²) in [5.41, 5.74) is 3.56. The molecular formula is C11H20N2. The monoisotopic (exact) mass is 180 g/mol. The fraction of sp³-hybridized carbons (Fsp3) is 0.455. The molecule has 0 aromatic heterocycles. The molecular weight excluding hydrogens is 160 g/mol. The Labute approximate surface area is 81.4 Å². The molecule has 2 heteroatoms. The number of hydrogen-bond acceptors (Lipinski definition) is 2. The molecule has 0 radical (unpaired) electrons. The van der Waals surface area contributed by atoms with Crippen LogP contribution in [0.2, 0.25) is 0 Å². The maximum absolute atomic E-state index is 3.82. The Kier molecular flexibility index (Phi) is 5.98. The van der Waals surface area contributed by atoms with Crippen LogP contribution in [0, 0.1) is 0 Å². The minimum Gasteiger partial charge on any atom is -0.389 e. The van der Waals surface area contributed by atoms with E-state index in [0.29, 0.717) is 0 Å². The quantitative estimate of drug-likeness (QED) is 0.631. The largest absolute Gasteiger partial charge is 0.389 e. The van der Waals surface area contributed by atoms with Crippen LogP contribution in [0.3, 0.4) is 0 Å². The minimum absolute atomic E-state index is 0.899. The second-order valence-electron chi connectivity index (χ2n) is 3.16. The van der Waals surface area contributed by atoms with Gasteiger partial charge in [-0.05, 0) is 32.5 Å². The van der Waals surface area contributed by atoms with Gasteiger partial charge in [-0.25, -0.2) is 0 Å². The van der Waals surface area contributed by atoms with E-state index in [1.54, 1.807) is 0 Å². The molecule has 0 saturated heterocycles. The Bertz CT molecular complexity index is 220. The molecule has 0 rings (SSSR count). The van der Waals surface area contributed by atoms with Gasteiger partial charge in [0.2, 0.25) is 0 Å². The van der Waals surface area contributed by atoms with Crippen LogP contribution in [0.15, 0.2) is 35.6 Å². The van der Waals surface area contributed by atoms with E-state index in [-0.39, 0.29) is 0 Å². The Morgan fingerprint density at radius 2 is 1.85 bits per heavy atom. The summed E-state index contributed by atoms with van der Waals surface area (Å²) in [5, 5.41) is 6.11. The van der Waals surface area contributed by atoms with Crippen molar-refractivity contribution in [3.05, 3.63) is 35.6 Å². The zero-order chi connectivity index (χ0) is 10.3. The Balaban J connectivity index is 4.36. The van der Waals surface area contributed by atoms with E-state index in [1.165, 1.54) is 11.1 Å². The SMILES string of the molecule is C=C(/C=C\C(CNC)=C(C)C)NC.